The van der Waals surface area contributed by atoms with Crippen molar-refractivity contribution < 1.29 is 28.6 Å². The Morgan fingerprint density at radius 3 is 2.38 bits per heavy atom. The molecule has 0 atom stereocenters. The highest BCUT2D eigenvalue weighted by atomic mass is 16.7. The maximum absolute atomic E-state index is 12.7. The van der Waals surface area contributed by atoms with Gasteiger partial charge in [0.1, 0.15) is 0 Å². The lowest BCUT2D eigenvalue weighted by Gasteiger charge is -2.30. The van der Waals surface area contributed by atoms with Gasteiger partial charge in [0.15, 0.2) is 5.57 Å². The zero-order valence-electron chi connectivity index (χ0n) is 14.6. The first-order valence-corrected chi connectivity index (χ1v) is 8.27. The minimum atomic E-state index is -1.30. The van der Waals surface area contributed by atoms with Crippen molar-refractivity contribution >= 4 is 23.5 Å². The number of morpholine rings is 1. The van der Waals surface area contributed by atoms with Crippen molar-refractivity contribution in [2.75, 3.05) is 31.6 Å². The van der Waals surface area contributed by atoms with E-state index in [0.29, 0.717) is 37.6 Å². The smallest absolute Gasteiger partial charge is 0.350 e. The van der Waals surface area contributed by atoms with E-state index in [1.54, 1.807) is 29.2 Å². The maximum Gasteiger partial charge on any atom is 0.350 e. The molecule has 0 bridgehead atoms. The highest BCUT2D eigenvalue weighted by molar-refractivity contribution is 6.15. The van der Waals surface area contributed by atoms with Gasteiger partial charge in [0.05, 0.1) is 24.5 Å². The van der Waals surface area contributed by atoms with Crippen molar-refractivity contribution in [3.05, 3.63) is 41.6 Å². The molecule has 2 saturated heterocycles. The first-order valence-electron chi connectivity index (χ1n) is 8.27. The summed E-state index contributed by atoms with van der Waals surface area (Å²) in [4.78, 5) is 38.4. The van der Waals surface area contributed by atoms with Crippen LogP contribution in [0, 0.1) is 0 Å². The van der Waals surface area contributed by atoms with Crippen LogP contribution in [-0.2, 0) is 23.8 Å². The molecule has 1 aromatic rings. The van der Waals surface area contributed by atoms with Gasteiger partial charge in [0.2, 0.25) is 0 Å². The zero-order valence-corrected chi connectivity index (χ0v) is 14.6. The van der Waals surface area contributed by atoms with Crippen LogP contribution in [-0.4, -0.2) is 54.8 Å². The van der Waals surface area contributed by atoms with Gasteiger partial charge in [-0.2, -0.15) is 0 Å². The number of anilines is 1. The number of hydrogen-bond acceptors (Lipinski definition) is 7. The van der Waals surface area contributed by atoms with Crippen LogP contribution in [0.25, 0.3) is 0 Å². The Morgan fingerprint density at radius 1 is 1.12 bits per heavy atom. The molecule has 138 valence electrons. The molecule has 2 fully saturated rings. The number of hydrogen-bond donors (Lipinski definition) is 1. The second kappa shape index (κ2) is 7.17. The van der Waals surface area contributed by atoms with E-state index in [0.717, 1.165) is 0 Å². The Morgan fingerprint density at radius 2 is 1.73 bits per heavy atom. The maximum atomic E-state index is 12.7. The summed E-state index contributed by atoms with van der Waals surface area (Å²) in [7, 11) is 0. The number of amides is 1. The van der Waals surface area contributed by atoms with Gasteiger partial charge < -0.3 is 24.4 Å². The molecule has 1 aromatic carbocycles. The topological polar surface area (TPSA) is 94.2 Å². The van der Waals surface area contributed by atoms with E-state index in [-0.39, 0.29) is 11.5 Å². The lowest BCUT2D eigenvalue weighted by molar-refractivity contribution is -0.222. The van der Waals surface area contributed by atoms with E-state index in [9.17, 15) is 14.4 Å². The van der Waals surface area contributed by atoms with Crippen LogP contribution < -0.4 is 5.32 Å². The fraction of sp³-hybridized carbons (Fsp3) is 0.389. The van der Waals surface area contributed by atoms with Crippen LogP contribution >= 0.6 is 0 Å². The Kier molecular flexibility index (Phi) is 4.94. The zero-order chi connectivity index (χ0) is 18.7. The summed E-state index contributed by atoms with van der Waals surface area (Å²) in [5.41, 5.74) is 0.643. The minimum absolute atomic E-state index is 0.148. The van der Waals surface area contributed by atoms with Crippen LogP contribution in [0.15, 0.2) is 36.0 Å². The molecule has 8 nitrogen and oxygen atoms in total. The quantitative estimate of drug-likeness (QED) is 0.493. The molecule has 1 amide bonds. The van der Waals surface area contributed by atoms with Crippen molar-refractivity contribution in [2.45, 2.75) is 19.6 Å². The highest BCUT2D eigenvalue weighted by Crippen LogP contribution is 2.24. The van der Waals surface area contributed by atoms with Gasteiger partial charge in [-0.1, -0.05) is 12.1 Å². The van der Waals surface area contributed by atoms with Gasteiger partial charge in [-0.15, -0.1) is 0 Å². The van der Waals surface area contributed by atoms with Gasteiger partial charge >= 0.3 is 11.9 Å². The molecular formula is C18H20N2O6. The molecule has 0 spiro atoms. The van der Waals surface area contributed by atoms with Crippen molar-refractivity contribution in [2.24, 2.45) is 0 Å². The van der Waals surface area contributed by atoms with Gasteiger partial charge in [-0.05, 0) is 12.1 Å². The number of benzene rings is 1. The molecule has 0 saturated carbocycles. The second-order valence-electron chi connectivity index (χ2n) is 6.33. The second-order valence-corrected chi connectivity index (χ2v) is 6.33. The number of rotatable bonds is 3. The fourth-order valence-electron chi connectivity index (χ4n) is 2.66. The number of nitrogens with zero attached hydrogens (tertiary/aromatic N) is 1. The fourth-order valence-corrected chi connectivity index (χ4v) is 2.66. The summed E-state index contributed by atoms with van der Waals surface area (Å²) < 4.78 is 15.3. The van der Waals surface area contributed by atoms with Crippen molar-refractivity contribution in [1.29, 1.82) is 0 Å². The minimum Gasteiger partial charge on any atom is -0.419 e. The summed E-state index contributed by atoms with van der Waals surface area (Å²) in [5, 5.41) is 2.85. The third-order valence-corrected chi connectivity index (χ3v) is 3.94. The molecule has 2 heterocycles. The molecule has 0 radical (unpaired) electrons. The lowest BCUT2D eigenvalue weighted by Crippen LogP contribution is -2.42. The van der Waals surface area contributed by atoms with Crippen molar-refractivity contribution in [3.8, 4) is 0 Å². The van der Waals surface area contributed by atoms with Gasteiger partial charge in [-0.3, -0.25) is 4.79 Å². The predicted octanol–water partition coefficient (Wildman–Crippen LogP) is 1.29. The Labute approximate surface area is 150 Å². The van der Waals surface area contributed by atoms with Gasteiger partial charge in [-0.25, -0.2) is 9.59 Å². The molecule has 26 heavy (non-hydrogen) atoms. The standard InChI is InChI=1S/C18H20N2O6/c1-18(2)25-16(22)13(17(23)26-18)11-19-14-6-4-3-5-12(14)15(21)20-7-9-24-10-8-20/h3-6,11,19H,7-10H2,1-2H3. The number of ether oxygens (including phenoxy) is 3. The average Bonchev–Trinajstić information content (AvgIpc) is 2.60. The van der Waals surface area contributed by atoms with Crippen LogP contribution in [0.1, 0.15) is 24.2 Å². The molecule has 2 aliphatic rings. The Balaban J connectivity index is 1.79. The predicted molar refractivity (Wildman–Crippen MR) is 91.1 cm³/mol. The van der Waals surface area contributed by atoms with Crippen molar-refractivity contribution in [3.63, 3.8) is 0 Å². The van der Waals surface area contributed by atoms with E-state index < -0.39 is 17.7 Å². The first kappa shape index (κ1) is 17.9. The van der Waals surface area contributed by atoms with E-state index in [2.05, 4.69) is 5.32 Å². The highest BCUT2D eigenvalue weighted by Gasteiger charge is 2.39. The van der Waals surface area contributed by atoms with E-state index in [1.165, 1.54) is 20.0 Å². The Hall–Kier alpha value is -2.87. The first-order chi connectivity index (χ1) is 12.4. The van der Waals surface area contributed by atoms with Crippen LogP contribution in [0.2, 0.25) is 0 Å². The summed E-state index contributed by atoms with van der Waals surface area (Å²) >= 11 is 0. The van der Waals surface area contributed by atoms with Gasteiger partial charge in [0, 0.05) is 33.1 Å². The SMILES string of the molecule is CC1(C)OC(=O)C(=CNc2ccccc2C(=O)N2CCOCC2)C(=O)O1. The van der Waals surface area contributed by atoms with Crippen LogP contribution in [0.5, 0.6) is 0 Å². The van der Waals surface area contributed by atoms with Crippen LogP contribution in [0.4, 0.5) is 5.69 Å². The molecule has 0 aliphatic carbocycles. The number of cyclic esters (lactones) is 2. The molecule has 0 unspecified atom stereocenters. The number of para-hydroxylation sites is 1. The van der Waals surface area contributed by atoms with E-state index in [4.69, 9.17) is 14.2 Å². The number of nitrogens with one attached hydrogen (secondary N) is 1. The largest absolute Gasteiger partial charge is 0.419 e. The molecule has 3 rings (SSSR count). The summed E-state index contributed by atoms with van der Waals surface area (Å²) in [6.07, 6.45) is 1.20. The molecule has 2 aliphatic heterocycles. The summed E-state index contributed by atoms with van der Waals surface area (Å²) in [6.45, 7) is 4.98. The normalized spacial score (nSPS) is 19.5. The lowest BCUT2D eigenvalue weighted by atomic mass is 10.1. The molecular weight excluding hydrogens is 340 g/mol. The van der Waals surface area contributed by atoms with Gasteiger partial charge in [0.25, 0.3) is 11.7 Å². The van der Waals surface area contributed by atoms with Crippen molar-refractivity contribution in [1.82, 2.24) is 4.90 Å². The third kappa shape index (κ3) is 3.85. The molecule has 0 aromatic heterocycles. The molecule has 1 N–H and O–H groups in total. The average molecular weight is 360 g/mol. The van der Waals surface area contributed by atoms with E-state index in [1.807, 2.05) is 0 Å². The molecule has 8 heteroatoms. The summed E-state index contributed by atoms with van der Waals surface area (Å²) in [5.74, 6) is -3.01. The summed E-state index contributed by atoms with van der Waals surface area (Å²) in [6, 6.07) is 6.86. The number of esters is 2. The van der Waals surface area contributed by atoms with E-state index >= 15 is 0 Å². The number of carbonyl (C=O) groups excluding carboxylic acids is 3. The Bertz CT molecular complexity index is 743. The number of carbonyl (C=O) groups is 3. The van der Waals surface area contributed by atoms with Crippen LogP contribution in [0.3, 0.4) is 0 Å². The monoisotopic (exact) mass is 360 g/mol. The third-order valence-electron chi connectivity index (χ3n) is 3.94.